The first-order valence-electron chi connectivity index (χ1n) is 12.8. The second kappa shape index (κ2) is 15.6. The van der Waals surface area contributed by atoms with Gasteiger partial charge in [-0.05, 0) is 49.0 Å². The minimum absolute atomic E-state index is 0.232. The van der Waals surface area contributed by atoms with Gasteiger partial charge in [-0.15, -0.1) is 11.8 Å². The number of nitrogens with two attached hydrogens (primary N) is 1. The molecule has 5 nitrogen and oxygen atoms in total. The number of benzene rings is 2. The largest absolute Gasteiger partial charge is 0.491 e. The van der Waals surface area contributed by atoms with E-state index < -0.39 is 0 Å². The third-order valence-electron chi connectivity index (χ3n) is 5.55. The van der Waals surface area contributed by atoms with Crippen LogP contribution in [0, 0.1) is 34.5 Å². The molecule has 0 aromatic heterocycles. The summed E-state index contributed by atoms with van der Waals surface area (Å²) in [7, 11) is 0. The van der Waals surface area contributed by atoms with Crippen molar-refractivity contribution < 1.29 is 9.47 Å². The van der Waals surface area contributed by atoms with Crippen molar-refractivity contribution in [3.8, 4) is 23.6 Å². The number of ether oxygens (including phenoxy) is 2. The average molecular weight is 526 g/mol. The fourth-order valence-electron chi connectivity index (χ4n) is 3.38. The van der Waals surface area contributed by atoms with Crippen molar-refractivity contribution in [1.82, 2.24) is 0 Å². The first kappa shape index (κ1) is 29.7. The van der Waals surface area contributed by atoms with Crippen LogP contribution in [-0.2, 0) is 0 Å². The van der Waals surface area contributed by atoms with Crippen molar-refractivity contribution in [1.29, 1.82) is 10.5 Å². The van der Waals surface area contributed by atoms with Crippen LogP contribution in [0.5, 0.6) is 11.5 Å². The minimum atomic E-state index is 0.232. The lowest BCUT2D eigenvalue weighted by Crippen LogP contribution is -2.09. The Hall–Kier alpha value is -2.48. The number of nitrogen functional groups attached to an aromatic ring is 1. The second-order valence-corrected chi connectivity index (χ2v) is 11.7. The number of nitriles is 2. The normalized spacial score (nSPS) is 10.9. The number of para-hydroxylation sites is 1. The van der Waals surface area contributed by atoms with E-state index >= 15 is 0 Å². The first-order valence-corrected chi connectivity index (χ1v) is 14.6. The van der Waals surface area contributed by atoms with Crippen molar-refractivity contribution in [3.63, 3.8) is 0 Å². The third-order valence-corrected chi connectivity index (χ3v) is 8.04. The van der Waals surface area contributed by atoms with Gasteiger partial charge < -0.3 is 15.2 Å². The fraction of sp³-hybridized carbons (Fsp3) is 0.517. The Balaban J connectivity index is 2.73. The van der Waals surface area contributed by atoms with Crippen LogP contribution >= 0.6 is 23.5 Å². The molecule has 0 bridgehead atoms. The van der Waals surface area contributed by atoms with Gasteiger partial charge in [-0.2, -0.15) is 10.5 Å². The monoisotopic (exact) mass is 525 g/mol. The maximum absolute atomic E-state index is 10.2. The molecule has 194 valence electrons. The fourth-order valence-corrected chi connectivity index (χ4v) is 5.74. The predicted molar refractivity (Wildman–Crippen MR) is 151 cm³/mol. The van der Waals surface area contributed by atoms with Crippen LogP contribution in [0.4, 0.5) is 5.69 Å². The summed E-state index contributed by atoms with van der Waals surface area (Å²) in [5.41, 5.74) is 7.45. The molecule has 2 aromatic rings. The summed E-state index contributed by atoms with van der Waals surface area (Å²) < 4.78 is 12.6. The number of hydrogen-bond donors (Lipinski definition) is 1. The maximum Gasteiger partial charge on any atom is 0.153 e. The van der Waals surface area contributed by atoms with E-state index in [4.69, 9.17) is 15.2 Å². The molecule has 0 unspecified atom stereocenters. The summed E-state index contributed by atoms with van der Waals surface area (Å²) in [4.78, 5) is 2.54. The van der Waals surface area contributed by atoms with Crippen LogP contribution < -0.4 is 15.2 Å². The van der Waals surface area contributed by atoms with Crippen LogP contribution in [-0.4, -0.2) is 19.0 Å². The molecule has 0 amide bonds. The van der Waals surface area contributed by atoms with Gasteiger partial charge in [0.05, 0.1) is 23.0 Å². The van der Waals surface area contributed by atoms with Gasteiger partial charge in [0.2, 0.25) is 0 Å². The SMILES string of the molecule is CCCCCSc1c(OCCC(C)C)c(C#N)c(C#N)c(OCCC(C)C)c1Sc1ccccc1N. The maximum atomic E-state index is 10.2. The Morgan fingerprint density at radius 1 is 0.861 bits per heavy atom. The van der Waals surface area contributed by atoms with E-state index in [0.29, 0.717) is 42.2 Å². The molecule has 0 aliphatic carbocycles. The van der Waals surface area contributed by atoms with Crippen LogP contribution in [0.1, 0.15) is 77.8 Å². The van der Waals surface area contributed by atoms with E-state index in [-0.39, 0.29) is 11.1 Å². The lowest BCUT2D eigenvalue weighted by Gasteiger charge is -2.22. The van der Waals surface area contributed by atoms with Crippen molar-refractivity contribution in [3.05, 3.63) is 35.4 Å². The summed E-state index contributed by atoms with van der Waals surface area (Å²) in [6.07, 6.45) is 5.00. The first-order chi connectivity index (χ1) is 17.3. The molecule has 0 spiro atoms. The summed E-state index contributed by atoms with van der Waals surface area (Å²) in [5.74, 6) is 2.74. The third kappa shape index (κ3) is 8.57. The van der Waals surface area contributed by atoms with E-state index in [9.17, 15) is 10.5 Å². The zero-order valence-corrected chi connectivity index (χ0v) is 23.9. The number of nitrogens with zero attached hydrogens (tertiary/aromatic N) is 2. The van der Waals surface area contributed by atoms with E-state index in [0.717, 1.165) is 52.5 Å². The predicted octanol–water partition coefficient (Wildman–Crippen LogP) is 8.30. The molecule has 2 aromatic carbocycles. The summed E-state index contributed by atoms with van der Waals surface area (Å²) in [5, 5.41) is 20.3. The highest BCUT2D eigenvalue weighted by Crippen LogP contribution is 2.51. The molecule has 0 saturated heterocycles. The topological polar surface area (TPSA) is 92.1 Å². The van der Waals surface area contributed by atoms with Crippen LogP contribution in [0.25, 0.3) is 0 Å². The summed E-state index contributed by atoms with van der Waals surface area (Å²) >= 11 is 3.15. The zero-order valence-electron chi connectivity index (χ0n) is 22.2. The molecule has 0 aliphatic rings. The molecule has 7 heteroatoms. The highest BCUT2D eigenvalue weighted by atomic mass is 32.2. The van der Waals surface area contributed by atoms with Crippen molar-refractivity contribution >= 4 is 29.2 Å². The quantitative estimate of drug-likeness (QED) is 0.142. The van der Waals surface area contributed by atoms with E-state index in [1.165, 1.54) is 11.8 Å². The highest BCUT2D eigenvalue weighted by Gasteiger charge is 2.28. The molecule has 0 saturated carbocycles. The number of anilines is 1. The molecule has 0 heterocycles. The molecule has 36 heavy (non-hydrogen) atoms. The Morgan fingerprint density at radius 2 is 1.42 bits per heavy atom. The van der Waals surface area contributed by atoms with Gasteiger partial charge in [0.15, 0.2) is 11.5 Å². The van der Waals surface area contributed by atoms with Crippen molar-refractivity contribution in [2.24, 2.45) is 11.8 Å². The summed E-state index contributed by atoms with van der Waals surface area (Å²) in [6, 6.07) is 12.2. The zero-order chi connectivity index (χ0) is 26.5. The number of hydrogen-bond acceptors (Lipinski definition) is 7. The molecule has 0 aliphatic heterocycles. The van der Waals surface area contributed by atoms with Crippen LogP contribution in [0.2, 0.25) is 0 Å². The standard InChI is InChI=1S/C29H39N3O2S2/c1-6-7-10-17-35-28-26(33-15-13-20(2)3)22(18-30)23(19-31)27(34-16-14-21(4)5)29(28)36-25-12-9-8-11-24(25)32/h8-9,11-12,20-21H,6-7,10,13-17,32H2,1-5H3. The number of thioether (sulfide) groups is 1. The van der Waals surface area contributed by atoms with Crippen molar-refractivity contribution in [2.75, 3.05) is 24.7 Å². The van der Waals surface area contributed by atoms with Gasteiger partial charge in [0, 0.05) is 10.6 Å². The smallest absolute Gasteiger partial charge is 0.153 e. The summed E-state index contributed by atoms with van der Waals surface area (Å²) in [6.45, 7) is 11.7. The minimum Gasteiger partial charge on any atom is -0.491 e. The lowest BCUT2D eigenvalue weighted by atomic mass is 10.1. The Labute approximate surface area is 225 Å². The molecule has 0 fully saturated rings. The van der Waals surface area contributed by atoms with Crippen molar-refractivity contribution in [2.45, 2.75) is 81.4 Å². The van der Waals surface area contributed by atoms with E-state index in [1.54, 1.807) is 11.8 Å². The Bertz CT molecular complexity index is 1070. The number of rotatable bonds is 15. The van der Waals surface area contributed by atoms with E-state index in [2.05, 4.69) is 46.8 Å². The molecular weight excluding hydrogens is 486 g/mol. The molecule has 0 radical (unpaired) electrons. The molecule has 2 rings (SSSR count). The van der Waals surface area contributed by atoms with Gasteiger partial charge >= 0.3 is 0 Å². The van der Waals surface area contributed by atoms with Gasteiger partial charge in [0.25, 0.3) is 0 Å². The van der Waals surface area contributed by atoms with Gasteiger partial charge in [-0.3, -0.25) is 0 Å². The average Bonchev–Trinajstić information content (AvgIpc) is 2.84. The van der Waals surface area contributed by atoms with Crippen LogP contribution in [0.3, 0.4) is 0 Å². The van der Waals surface area contributed by atoms with E-state index in [1.807, 2.05) is 24.3 Å². The van der Waals surface area contributed by atoms with Gasteiger partial charge in [0.1, 0.15) is 23.3 Å². The Kier molecular flexibility index (Phi) is 12.9. The number of unbranched alkanes of at least 4 members (excludes halogenated alkanes) is 2. The Morgan fingerprint density at radius 3 is 1.92 bits per heavy atom. The molecule has 0 atom stereocenters. The highest BCUT2D eigenvalue weighted by molar-refractivity contribution is 8.02. The van der Waals surface area contributed by atoms with Crippen LogP contribution in [0.15, 0.2) is 39.0 Å². The second-order valence-electron chi connectivity index (χ2n) is 9.55. The molecular formula is C29H39N3O2S2. The molecule has 2 N–H and O–H groups in total. The lowest BCUT2D eigenvalue weighted by molar-refractivity contribution is 0.269. The van der Waals surface area contributed by atoms with Gasteiger partial charge in [-0.25, -0.2) is 0 Å². The van der Waals surface area contributed by atoms with Gasteiger partial charge in [-0.1, -0.05) is 71.4 Å².